The van der Waals surface area contributed by atoms with Crippen LogP contribution in [0.25, 0.3) is 10.2 Å². The maximum atomic E-state index is 13.2. The second kappa shape index (κ2) is 12.8. The summed E-state index contributed by atoms with van der Waals surface area (Å²) in [5.41, 5.74) is 0.781. The van der Waals surface area contributed by atoms with Gasteiger partial charge in [-0.25, -0.2) is 4.98 Å². The summed E-state index contributed by atoms with van der Waals surface area (Å²) in [6, 6.07) is 12.8. The van der Waals surface area contributed by atoms with E-state index in [4.69, 9.17) is 26.1 Å². The number of para-hydroxylation sites is 1. The average Bonchev–Trinajstić information content (AvgIpc) is 3.21. The first-order chi connectivity index (χ1) is 15.0. The van der Waals surface area contributed by atoms with Gasteiger partial charge in [0.1, 0.15) is 17.0 Å². The minimum atomic E-state index is -0.140. The quantitative estimate of drug-likeness (QED) is 0.348. The molecule has 0 saturated carbocycles. The van der Waals surface area contributed by atoms with Crippen molar-refractivity contribution in [2.45, 2.75) is 20.8 Å². The zero-order valence-electron chi connectivity index (χ0n) is 18.5. The molecule has 9 heteroatoms. The van der Waals surface area contributed by atoms with Crippen molar-refractivity contribution in [1.82, 2.24) is 9.88 Å². The van der Waals surface area contributed by atoms with Crippen molar-refractivity contribution < 1.29 is 14.3 Å². The van der Waals surface area contributed by atoms with Crippen LogP contribution in [0.1, 0.15) is 20.8 Å². The van der Waals surface area contributed by atoms with Crippen LogP contribution in [0.3, 0.4) is 0 Å². The summed E-state index contributed by atoms with van der Waals surface area (Å²) in [4.78, 5) is 21.9. The Bertz CT molecular complexity index is 994. The summed E-state index contributed by atoms with van der Waals surface area (Å²) in [6.45, 7) is 9.81. The Morgan fingerprint density at radius 2 is 1.75 bits per heavy atom. The molecule has 0 saturated heterocycles. The number of carbonyl (C=O) groups excluding carboxylic acids is 1. The first-order valence-corrected chi connectivity index (χ1v) is 11.7. The monoisotopic (exact) mass is 497 g/mol. The summed E-state index contributed by atoms with van der Waals surface area (Å²) >= 11 is 7.41. The lowest BCUT2D eigenvalue weighted by Gasteiger charge is -2.24. The van der Waals surface area contributed by atoms with Gasteiger partial charge in [-0.3, -0.25) is 9.69 Å². The number of hydrogen-bond acceptors (Lipinski definition) is 6. The molecule has 6 nitrogen and oxygen atoms in total. The number of fused-ring (bicyclic) bond motifs is 1. The number of aromatic nitrogens is 1. The maximum Gasteiger partial charge on any atom is 0.266 e. The Labute approximate surface area is 204 Å². The Kier molecular flexibility index (Phi) is 10.5. The highest BCUT2D eigenvalue weighted by molar-refractivity contribution is 7.22. The van der Waals surface area contributed by atoms with Gasteiger partial charge in [-0.05, 0) is 56.4 Å². The molecule has 0 aliphatic rings. The average molecular weight is 498 g/mol. The number of hydrogen-bond donors (Lipinski definition) is 0. The van der Waals surface area contributed by atoms with E-state index in [1.807, 2.05) is 25.1 Å². The van der Waals surface area contributed by atoms with Crippen molar-refractivity contribution in [2.24, 2.45) is 0 Å². The number of amides is 1. The van der Waals surface area contributed by atoms with E-state index in [0.29, 0.717) is 29.1 Å². The minimum Gasteiger partial charge on any atom is -0.492 e. The molecule has 0 aliphatic carbocycles. The van der Waals surface area contributed by atoms with Crippen LogP contribution in [0, 0.1) is 0 Å². The van der Waals surface area contributed by atoms with Crippen LogP contribution < -0.4 is 14.4 Å². The molecule has 0 aliphatic heterocycles. The molecule has 0 unspecified atom stereocenters. The summed E-state index contributed by atoms with van der Waals surface area (Å²) in [7, 11) is 0. The van der Waals surface area contributed by atoms with E-state index in [-0.39, 0.29) is 24.9 Å². The molecule has 0 atom stereocenters. The normalized spacial score (nSPS) is 10.8. The molecule has 1 heterocycles. The number of likely N-dealkylation sites (N-methyl/N-ethyl adjacent to an activating group) is 1. The second-order valence-electron chi connectivity index (χ2n) is 6.85. The zero-order valence-corrected chi connectivity index (χ0v) is 20.9. The minimum absolute atomic E-state index is 0. The molecule has 174 valence electrons. The van der Waals surface area contributed by atoms with E-state index >= 15 is 0 Å². The highest BCUT2D eigenvalue weighted by Gasteiger charge is 2.22. The fraction of sp³-hybridized carbons (Fsp3) is 0.391. The summed E-state index contributed by atoms with van der Waals surface area (Å²) < 4.78 is 12.4. The number of halogens is 2. The molecule has 3 rings (SSSR count). The Morgan fingerprint density at radius 1 is 1.03 bits per heavy atom. The number of rotatable bonds is 11. The summed E-state index contributed by atoms with van der Waals surface area (Å²) in [6.07, 6.45) is 0. The van der Waals surface area contributed by atoms with Gasteiger partial charge in [0.15, 0.2) is 11.7 Å². The lowest BCUT2D eigenvalue weighted by molar-refractivity contribution is -0.120. The standard InChI is InChI=1S/C23H28ClN3O3S.ClH/c1-4-26(5-2)14-15-27(21(28)16-30-18-12-10-17(24)11-13-18)23-25-22-19(29-6-3)8-7-9-20(22)31-23;/h7-13H,4-6,14-16H2,1-3H3;1H. The van der Waals surface area contributed by atoms with Crippen molar-refractivity contribution in [3.63, 3.8) is 0 Å². The fourth-order valence-corrected chi connectivity index (χ4v) is 4.31. The van der Waals surface area contributed by atoms with E-state index in [0.717, 1.165) is 35.6 Å². The smallest absolute Gasteiger partial charge is 0.266 e. The predicted octanol–water partition coefficient (Wildman–Crippen LogP) is 5.52. The molecule has 3 aromatic rings. The Hall–Kier alpha value is -2.06. The molecule has 2 aromatic carbocycles. The number of nitrogens with zero attached hydrogens (tertiary/aromatic N) is 3. The third-order valence-electron chi connectivity index (χ3n) is 4.91. The van der Waals surface area contributed by atoms with E-state index in [9.17, 15) is 4.79 Å². The number of ether oxygens (including phenoxy) is 2. The first-order valence-electron chi connectivity index (χ1n) is 10.5. The third-order valence-corrected chi connectivity index (χ3v) is 6.21. The summed E-state index contributed by atoms with van der Waals surface area (Å²) in [5.74, 6) is 1.19. The van der Waals surface area contributed by atoms with Gasteiger partial charge in [0, 0.05) is 18.1 Å². The topological polar surface area (TPSA) is 54.9 Å². The molecular formula is C23H29Cl2N3O3S. The van der Waals surface area contributed by atoms with Gasteiger partial charge in [-0.15, -0.1) is 12.4 Å². The second-order valence-corrected chi connectivity index (χ2v) is 8.29. The van der Waals surface area contributed by atoms with Crippen molar-refractivity contribution in [1.29, 1.82) is 0 Å². The van der Waals surface area contributed by atoms with Gasteiger partial charge in [0.05, 0.1) is 11.3 Å². The molecule has 32 heavy (non-hydrogen) atoms. The first kappa shape index (κ1) is 26.2. The Morgan fingerprint density at radius 3 is 2.41 bits per heavy atom. The van der Waals surface area contributed by atoms with Crippen LogP contribution in [0.2, 0.25) is 5.02 Å². The van der Waals surface area contributed by atoms with E-state index in [1.54, 1.807) is 29.2 Å². The molecule has 0 N–H and O–H groups in total. The zero-order chi connectivity index (χ0) is 22.2. The molecule has 1 amide bonds. The van der Waals surface area contributed by atoms with Gasteiger partial charge in [-0.2, -0.15) is 0 Å². The third kappa shape index (κ3) is 6.72. The molecule has 0 fully saturated rings. The van der Waals surface area contributed by atoms with Crippen molar-refractivity contribution in [3.05, 3.63) is 47.5 Å². The van der Waals surface area contributed by atoms with E-state index < -0.39 is 0 Å². The lowest BCUT2D eigenvalue weighted by Crippen LogP contribution is -2.41. The number of carbonyl (C=O) groups is 1. The maximum absolute atomic E-state index is 13.2. The molecular weight excluding hydrogens is 469 g/mol. The number of benzene rings is 2. The van der Waals surface area contributed by atoms with Gasteiger partial charge < -0.3 is 14.4 Å². The van der Waals surface area contributed by atoms with Crippen LogP contribution >= 0.6 is 35.3 Å². The molecule has 0 bridgehead atoms. The van der Waals surface area contributed by atoms with Gasteiger partial charge in [0.2, 0.25) is 0 Å². The van der Waals surface area contributed by atoms with Crippen molar-refractivity contribution in [3.8, 4) is 11.5 Å². The van der Waals surface area contributed by atoms with Gasteiger partial charge in [-0.1, -0.05) is 42.9 Å². The fourth-order valence-electron chi connectivity index (χ4n) is 3.16. The van der Waals surface area contributed by atoms with Crippen LogP contribution in [-0.4, -0.2) is 55.2 Å². The van der Waals surface area contributed by atoms with E-state index in [2.05, 4.69) is 18.7 Å². The van der Waals surface area contributed by atoms with Crippen LogP contribution in [-0.2, 0) is 4.79 Å². The Balaban J connectivity index is 0.00000363. The molecule has 0 spiro atoms. The lowest BCUT2D eigenvalue weighted by atomic mass is 10.3. The van der Waals surface area contributed by atoms with Crippen LogP contribution in [0.15, 0.2) is 42.5 Å². The number of thiazole rings is 1. The van der Waals surface area contributed by atoms with Crippen LogP contribution in [0.4, 0.5) is 5.13 Å². The SMILES string of the molecule is CCOc1cccc2sc(N(CCN(CC)CC)C(=O)COc3ccc(Cl)cc3)nc12.Cl. The van der Waals surface area contributed by atoms with Crippen LogP contribution in [0.5, 0.6) is 11.5 Å². The van der Waals surface area contributed by atoms with Crippen molar-refractivity contribution in [2.75, 3.05) is 44.3 Å². The molecule has 1 aromatic heterocycles. The van der Waals surface area contributed by atoms with Gasteiger partial charge >= 0.3 is 0 Å². The summed E-state index contributed by atoms with van der Waals surface area (Å²) in [5, 5.41) is 1.28. The van der Waals surface area contributed by atoms with Crippen molar-refractivity contribution >= 4 is 56.6 Å². The highest BCUT2D eigenvalue weighted by Crippen LogP contribution is 2.34. The van der Waals surface area contributed by atoms with Gasteiger partial charge in [0.25, 0.3) is 5.91 Å². The van der Waals surface area contributed by atoms with E-state index in [1.165, 1.54) is 11.3 Å². The largest absolute Gasteiger partial charge is 0.492 e. The predicted molar refractivity (Wildman–Crippen MR) is 135 cm³/mol. The highest BCUT2D eigenvalue weighted by atomic mass is 35.5. The molecule has 0 radical (unpaired) electrons. The number of anilines is 1.